The molecule has 1 amide bonds. The maximum absolute atomic E-state index is 12.3. The van der Waals surface area contributed by atoms with Gasteiger partial charge in [-0.1, -0.05) is 15.9 Å². The number of fused-ring (bicyclic) bond motifs is 1. The molecule has 3 rings (SSSR count). The summed E-state index contributed by atoms with van der Waals surface area (Å²) in [5.41, 5.74) is 6.49. The largest absolute Gasteiger partial charge is 0.397 e. The highest BCUT2D eigenvalue weighted by Crippen LogP contribution is 2.35. The van der Waals surface area contributed by atoms with Gasteiger partial charge in [-0.25, -0.2) is 8.42 Å². The molecule has 0 bridgehead atoms. The molecular weight excluding hydrogens is 376 g/mol. The molecule has 1 aliphatic rings. The van der Waals surface area contributed by atoms with Gasteiger partial charge in [0.25, 0.3) is 5.91 Å². The Morgan fingerprint density at radius 2 is 2.19 bits per heavy atom. The number of benzene rings is 1. The van der Waals surface area contributed by atoms with Gasteiger partial charge in [0.05, 0.1) is 17.2 Å². The summed E-state index contributed by atoms with van der Waals surface area (Å²) in [5, 5.41) is 3.60. The number of nitrogens with two attached hydrogens (primary N) is 1. The molecular formula is C13H13BrN2O3S2. The average molecular weight is 389 g/mol. The van der Waals surface area contributed by atoms with Crippen LogP contribution >= 0.6 is 27.3 Å². The van der Waals surface area contributed by atoms with E-state index in [4.69, 9.17) is 5.73 Å². The van der Waals surface area contributed by atoms with Crippen LogP contribution in [0.15, 0.2) is 22.7 Å². The summed E-state index contributed by atoms with van der Waals surface area (Å²) in [5.74, 6) is -0.158. The lowest BCUT2D eigenvalue weighted by molar-refractivity contribution is 0.0946. The van der Waals surface area contributed by atoms with Crippen molar-refractivity contribution in [2.75, 3.05) is 17.2 Å². The smallest absolute Gasteiger partial charge is 0.263 e. The summed E-state index contributed by atoms with van der Waals surface area (Å²) in [6, 6.07) is 5.34. The highest BCUT2D eigenvalue weighted by atomic mass is 79.9. The lowest BCUT2D eigenvalue weighted by Gasteiger charge is -2.09. The van der Waals surface area contributed by atoms with Crippen molar-refractivity contribution in [3.8, 4) is 0 Å². The summed E-state index contributed by atoms with van der Waals surface area (Å²) in [4.78, 5) is 12.7. The zero-order valence-electron chi connectivity index (χ0n) is 10.9. The lowest BCUT2D eigenvalue weighted by atomic mass is 10.2. The number of hydrogen-bond donors (Lipinski definition) is 2. The number of carbonyl (C=O) groups is 1. The van der Waals surface area contributed by atoms with Crippen LogP contribution in [0, 0.1) is 0 Å². The second kappa shape index (κ2) is 5.26. The third kappa shape index (κ3) is 2.93. The van der Waals surface area contributed by atoms with Crippen LogP contribution in [-0.2, 0) is 9.84 Å². The number of carbonyl (C=O) groups excluding carboxylic acids is 1. The van der Waals surface area contributed by atoms with Gasteiger partial charge in [0, 0.05) is 20.6 Å². The van der Waals surface area contributed by atoms with Crippen LogP contribution in [0.1, 0.15) is 16.1 Å². The molecule has 1 unspecified atom stereocenters. The normalized spacial score (nSPS) is 20.7. The van der Waals surface area contributed by atoms with Crippen molar-refractivity contribution >= 4 is 58.8 Å². The van der Waals surface area contributed by atoms with Crippen molar-refractivity contribution < 1.29 is 13.2 Å². The molecule has 0 saturated carbocycles. The van der Waals surface area contributed by atoms with E-state index < -0.39 is 9.84 Å². The van der Waals surface area contributed by atoms with Crippen LogP contribution < -0.4 is 11.1 Å². The fourth-order valence-corrected chi connectivity index (χ4v) is 5.46. The SMILES string of the molecule is Nc1c(C(=O)NC2CCS(=O)(=O)C2)sc2ccc(Br)cc12. The van der Waals surface area contributed by atoms with Gasteiger partial charge in [-0.2, -0.15) is 0 Å². The maximum Gasteiger partial charge on any atom is 0.263 e. The molecule has 2 aromatic rings. The van der Waals surface area contributed by atoms with Crippen molar-refractivity contribution in [2.24, 2.45) is 0 Å². The number of halogens is 1. The van der Waals surface area contributed by atoms with Gasteiger partial charge >= 0.3 is 0 Å². The molecule has 3 N–H and O–H groups in total. The van der Waals surface area contributed by atoms with Crippen molar-refractivity contribution in [1.29, 1.82) is 0 Å². The van der Waals surface area contributed by atoms with E-state index >= 15 is 0 Å². The third-order valence-electron chi connectivity index (χ3n) is 3.46. The lowest BCUT2D eigenvalue weighted by Crippen LogP contribution is -2.35. The fraction of sp³-hybridized carbons (Fsp3) is 0.308. The standard InChI is InChI=1S/C13H13BrN2O3S2/c14-7-1-2-10-9(5-7)11(15)12(20-10)13(17)16-8-3-4-21(18,19)6-8/h1-2,5,8H,3-4,6,15H2,(H,16,17). The first-order valence-electron chi connectivity index (χ1n) is 6.34. The molecule has 1 aliphatic heterocycles. The van der Waals surface area contributed by atoms with Gasteiger partial charge in [-0.15, -0.1) is 11.3 Å². The van der Waals surface area contributed by atoms with Crippen LogP contribution in [0.3, 0.4) is 0 Å². The van der Waals surface area contributed by atoms with Crippen molar-refractivity contribution in [3.05, 3.63) is 27.5 Å². The van der Waals surface area contributed by atoms with Crippen LogP contribution in [0.4, 0.5) is 5.69 Å². The van der Waals surface area contributed by atoms with Crippen LogP contribution in [-0.4, -0.2) is 31.9 Å². The summed E-state index contributed by atoms with van der Waals surface area (Å²) in [6.07, 6.45) is 0.463. The molecule has 1 aromatic heterocycles. The Balaban J connectivity index is 1.87. The first kappa shape index (κ1) is 14.8. The summed E-state index contributed by atoms with van der Waals surface area (Å²) >= 11 is 4.69. The van der Waals surface area contributed by atoms with Gasteiger partial charge in [-0.05, 0) is 24.6 Å². The van der Waals surface area contributed by atoms with E-state index in [9.17, 15) is 13.2 Å². The van der Waals surface area contributed by atoms with Gasteiger partial charge < -0.3 is 11.1 Å². The Labute approximate surface area is 134 Å². The first-order chi connectivity index (χ1) is 9.85. The van der Waals surface area contributed by atoms with E-state index in [1.165, 1.54) is 11.3 Å². The average Bonchev–Trinajstić information content (AvgIpc) is 2.90. The molecule has 112 valence electrons. The van der Waals surface area contributed by atoms with Crippen molar-refractivity contribution in [2.45, 2.75) is 12.5 Å². The minimum Gasteiger partial charge on any atom is -0.397 e. The highest BCUT2D eigenvalue weighted by Gasteiger charge is 2.30. The highest BCUT2D eigenvalue weighted by molar-refractivity contribution is 9.10. The Kier molecular flexibility index (Phi) is 3.71. The van der Waals surface area contributed by atoms with Crippen LogP contribution in [0.2, 0.25) is 0 Å². The minimum atomic E-state index is -3.01. The topological polar surface area (TPSA) is 89.3 Å². The number of nitrogen functional groups attached to an aromatic ring is 1. The Hall–Kier alpha value is -1.12. The monoisotopic (exact) mass is 388 g/mol. The van der Waals surface area contributed by atoms with Gasteiger partial charge in [-0.3, -0.25) is 4.79 Å². The molecule has 0 aliphatic carbocycles. The Bertz CT molecular complexity index is 829. The van der Waals surface area contributed by atoms with Crippen LogP contribution in [0.25, 0.3) is 10.1 Å². The number of hydrogen-bond acceptors (Lipinski definition) is 5. The quantitative estimate of drug-likeness (QED) is 0.824. The number of rotatable bonds is 2. The fourth-order valence-electron chi connectivity index (χ4n) is 2.42. The molecule has 8 heteroatoms. The van der Waals surface area contributed by atoms with Gasteiger partial charge in [0.1, 0.15) is 4.88 Å². The third-order valence-corrected chi connectivity index (χ3v) is 6.91. The molecule has 21 heavy (non-hydrogen) atoms. The summed E-state index contributed by atoms with van der Waals surface area (Å²) in [7, 11) is -3.01. The van der Waals surface area contributed by atoms with E-state index in [1.807, 2.05) is 18.2 Å². The second-order valence-electron chi connectivity index (χ2n) is 5.06. The number of anilines is 1. The predicted octanol–water partition coefficient (Wildman–Crippen LogP) is 2.16. The van der Waals surface area contributed by atoms with E-state index in [0.29, 0.717) is 17.0 Å². The van der Waals surface area contributed by atoms with E-state index in [2.05, 4.69) is 21.2 Å². The Morgan fingerprint density at radius 3 is 2.86 bits per heavy atom. The van der Waals surface area contributed by atoms with E-state index in [-0.39, 0.29) is 23.5 Å². The Morgan fingerprint density at radius 1 is 1.43 bits per heavy atom. The van der Waals surface area contributed by atoms with Crippen molar-refractivity contribution in [1.82, 2.24) is 5.32 Å². The second-order valence-corrected chi connectivity index (χ2v) is 9.26. The zero-order chi connectivity index (χ0) is 15.2. The molecule has 2 heterocycles. The zero-order valence-corrected chi connectivity index (χ0v) is 14.1. The van der Waals surface area contributed by atoms with E-state index in [0.717, 1.165) is 14.6 Å². The molecule has 0 radical (unpaired) electrons. The predicted molar refractivity (Wildman–Crippen MR) is 88.5 cm³/mol. The first-order valence-corrected chi connectivity index (χ1v) is 9.77. The molecule has 1 fully saturated rings. The number of amides is 1. The molecule has 1 aromatic carbocycles. The van der Waals surface area contributed by atoms with Gasteiger partial charge in [0.2, 0.25) is 0 Å². The maximum atomic E-state index is 12.3. The van der Waals surface area contributed by atoms with Gasteiger partial charge in [0.15, 0.2) is 9.84 Å². The van der Waals surface area contributed by atoms with Crippen LogP contribution in [0.5, 0.6) is 0 Å². The summed E-state index contributed by atoms with van der Waals surface area (Å²) < 4.78 is 24.7. The number of sulfone groups is 1. The molecule has 0 spiro atoms. The minimum absolute atomic E-state index is 0.00902. The summed E-state index contributed by atoms with van der Waals surface area (Å²) in [6.45, 7) is 0. The molecule has 1 atom stereocenters. The number of thiophene rings is 1. The molecule has 5 nitrogen and oxygen atoms in total. The molecule has 1 saturated heterocycles. The number of nitrogens with one attached hydrogen (secondary N) is 1. The van der Waals surface area contributed by atoms with Crippen molar-refractivity contribution in [3.63, 3.8) is 0 Å². The van der Waals surface area contributed by atoms with E-state index in [1.54, 1.807) is 0 Å².